The van der Waals surface area contributed by atoms with E-state index >= 15 is 0 Å². The van der Waals surface area contributed by atoms with Gasteiger partial charge in [0.05, 0.1) is 10.0 Å². The van der Waals surface area contributed by atoms with Gasteiger partial charge in [-0.1, -0.05) is 40.8 Å². The Bertz CT molecular complexity index is 743. The average molecular weight is 405 g/mol. The summed E-state index contributed by atoms with van der Waals surface area (Å²) in [4.78, 5) is 12.8. The van der Waals surface area contributed by atoms with Gasteiger partial charge in [-0.25, -0.2) is 0 Å². The Labute approximate surface area is 162 Å². The number of rotatable bonds is 4. The van der Waals surface area contributed by atoms with Crippen molar-refractivity contribution in [3.8, 4) is 11.3 Å². The molecule has 1 aromatic carbocycles. The van der Waals surface area contributed by atoms with Crippen molar-refractivity contribution in [3.63, 3.8) is 0 Å². The zero-order chi connectivity index (χ0) is 17.3. The highest BCUT2D eigenvalue weighted by Crippen LogP contribution is 2.37. The number of nitrogens with zero attached hydrogens (tertiary/aromatic N) is 1. The molecule has 3 rings (SSSR count). The molecular weight excluding hydrogens is 385 g/mol. The highest BCUT2D eigenvalue weighted by molar-refractivity contribution is 6.39. The summed E-state index contributed by atoms with van der Waals surface area (Å²) in [6.07, 6.45) is 3.03. The van der Waals surface area contributed by atoms with Crippen LogP contribution in [0, 0.1) is 12.8 Å². The Morgan fingerprint density at radius 3 is 2.68 bits per heavy atom. The Morgan fingerprint density at radius 1 is 1.36 bits per heavy atom. The van der Waals surface area contributed by atoms with Crippen LogP contribution in [0.1, 0.15) is 35.4 Å². The van der Waals surface area contributed by atoms with Gasteiger partial charge in [-0.3, -0.25) is 4.79 Å². The van der Waals surface area contributed by atoms with Crippen molar-refractivity contribution in [2.24, 2.45) is 11.7 Å². The topological polar surface area (TPSA) is 81.2 Å². The number of aromatic nitrogens is 1. The zero-order valence-corrected chi connectivity index (χ0v) is 16.0. The van der Waals surface area contributed by atoms with Crippen LogP contribution in [-0.4, -0.2) is 23.7 Å². The van der Waals surface area contributed by atoms with Crippen LogP contribution in [0.3, 0.4) is 0 Å². The molecule has 0 bridgehead atoms. The summed E-state index contributed by atoms with van der Waals surface area (Å²) in [5, 5.41) is 7.92. The van der Waals surface area contributed by atoms with E-state index in [0.29, 0.717) is 45.1 Å². The molecule has 1 aliphatic carbocycles. The number of carbonyl (C=O) groups is 1. The van der Waals surface area contributed by atoms with E-state index in [9.17, 15) is 4.79 Å². The minimum absolute atomic E-state index is 0. The summed E-state index contributed by atoms with van der Waals surface area (Å²) in [7, 11) is 0. The van der Waals surface area contributed by atoms with Crippen LogP contribution in [0.2, 0.25) is 10.0 Å². The molecule has 2 aromatic rings. The normalized spacial score (nSPS) is 19.5. The molecule has 1 aromatic heterocycles. The van der Waals surface area contributed by atoms with E-state index in [4.69, 9.17) is 33.5 Å². The molecule has 2 unspecified atom stereocenters. The molecule has 0 saturated heterocycles. The summed E-state index contributed by atoms with van der Waals surface area (Å²) in [6, 6.07) is 5.23. The largest absolute Gasteiger partial charge is 0.360 e. The molecule has 8 heteroatoms. The van der Waals surface area contributed by atoms with Gasteiger partial charge < -0.3 is 15.6 Å². The zero-order valence-electron chi connectivity index (χ0n) is 13.7. The molecule has 1 amide bonds. The molecule has 1 saturated carbocycles. The van der Waals surface area contributed by atoms with E-state index in [1.807, 2.05) is 0 Å². The Hall–Kier alpha value is -1.27. The van der Waals surface area contributed by atoms with Gasteiger partial charge in [0.2, 0.25) is 0 Å². The van der Waals surface area contributed by atoms with Crippen molar-refractivity contribution < 1.29 is 9.32 Å². The van der Waals surface area contributed by atoms with Crippen molar-refractivity contribution in [2.45, 2.75) is 32.2 Å². The average Bonchev–Trinajstić information content (AvgIpc) is 3.13. The van der Waals surface area contributed by atoms with Crippen LogP contribution in [0.15, 0.2) is 22.7 Å². The van der Waals surface area contributed by atoms with Crippen LogP contribution in [0.25, 0.3) is 11.3 Å². The second-order valence-electron chi connectivity index (χ2n) is 6.07. The van der Waals surface area contributed by atoms with Gasteiger partial charge in [-0.2, -0.15) is 0 Å². The van der Waals surface area contributed by atoms with Crippen LogP contribution in [0.5, 0.6) is 0 Å². The molecular formula is C17H20Cl3N3O2. The minimum Gasteiger partial charge on any atom is -0.360 e. The van der Waals surface area contributed by atoms with Crippen molar-refractivity contribution in [1.29, 1.82) is 0 Å². The molecule has 1 heterocycles. The summed E-state index contributed by atoms with van der Waals surface area (Å²) in [5.74, 6) is 0.507. The van der Waals surface area contributed by atoms with Gasteiger partial charge in [0.25, 0.3) is 5.91 Å². The first kappa shape index (κ1) is 20.0. The second kappa shape index (κ2) is 8.41. The maximum Gasteiger partial charge on any atom is 0.257 e. The number of halogens is 3. The second-order valence-corrected chi connectivity index (χ2v) is 6.88. The Morgan fingerprint density at radius 2 is 2.04 bits per heavy atom. The van der Waals surface area contributed by atoms with Gasteiger partial charge in [0.15, 0.2) is 0 Å². The van der Waals surface area contributed by atoms with Crippen LogP contribution in [-0.2, 0) is 0 Å². The fraction of sp³-hybridized carbons (Fsp3) is 0.412. The SMILES string of the molecule is Cc1onc(-c2c(Cl)cccc2Cl)c1C(=O)NC1CCCC1CN.Cl. The van der Waals surface area contributed by atoms with Gasteiger partial charge in [0.1, 0.15) is 17.0 Å². The number of carbonyl (C=O) groups excluding carboxylic acids is 1. The van der Waals surface area contributed by atoms with Gasteiger partial charge in [-0.05, 0) is 44.4 Å². The number of nitrogens with two attached hydrogens (primary N) is 1. The lowest BCUT2D eigenvalue weighted by Gasteiger charge is -2.19. The third-order valence-corrected chi connectivity index (χ3v) is 5.20. The summed E-state index contributed by atoms with van der Waals surface area (Å²) in [6.45, 7) is 2.27. The third-order valence-electron chi connectivity index (χ3n) is 4.57. The molecule has 1 aliphatic rings. The first-order chi connectivity index (χ1) is 11.5. The Balaban J connectivity index is 0.00000225. The smallest absolute Gasteiger partial charge is 0.257 e. The molecule has 0 radical (unpaired) electrons. The van der Waals surface area contributed by atoms with E-state index in [1.54, 1.807) is 25.1 Å². The molecule has 0 aliphatic heterocycles. The number of hydrogen-bond acceptors (Lipinski definition) is 4. The number of amides is 1. The lowest BCUT2D eigenvalue weighted by molar-refractivity contribution is 0.0928. The number of benzene rings is 1. The Kier molecular flexibility index (Phi) is 6.74. The van der Waals surface area contributed by atoms with Crippen molar-refractivity contribution in [3.05, 3.63) is 39.6 Å². The fourth-order valence-electron chi connectivity index (χ4n) is 3.28. The minimum atomic E-state index is -0.231. The lowest BCUT2D eigenvalue weighted by atomic mass is 10.0. The quantitative estimate of drug-likeness (QED) is 0.798. The highest BCUT2D eigenvalue weighted by atomic mass is 35.5. The molecule has 0 spiro atoms. The van der Waals surface area contributed by atoms with Crippen LogP contribution in [0.4, 0.5) is 0 Å². The number of nitrogens with one attached hydrogen (secondary N) is 1. The summed E-state index contributed by atoms with van der Waals surface area (Å²) < 4.78 is 5.25. The third kappa shape index (κ3) is 3.95. The molecule has 3 N–H and O–H groups in total. The maximum absolute atomic E-state index is 12.8. The lowest BCUT2D eigenvalue weighted by Crippen LogP contribution is -2.40. The van der Waals surface area contributed by atoms with Gasteiger partial charge in [-0.15, -0.1) is 12.4 Å². The van der Waals surface area contributed by atoms with Crippen LogP contribution < -0.4 is 11.1 Å². The van der Waals surface area contributed by atoms with Gasteiger partial charge in [0, 0.05) is 11.6 Å². The van der Waals surface area contributed by atoms with E-state index in [0.717, 1.165) is 19.3 Å². The molecule has 1 fully saturated rings. The predicted molar refractivity (Wildman–Crippen MR) is 102 cm³/mol. The first-order valence-electron chi connectivity index (χ1n) is 7.94. The fourth-order valence-corrected chi connectivity index (χ4v) is 3.86. The van der Waals surface area contributed by atoms with Crippen molar-refractivity contribution in [2.75, 3.05) is 6.54 Å². The number of hydrogen-bond donors (Lipinski definition) is 2. The summed E-state index contributed by atoms with van der Waals surface area (Å²) in [5.41, 5.74) is 7.03. The summed E-state index contributed by atoms with van der Waals surface area (Å²) >= 11 is 12.5. The molecule has 25 heavy (non-hydrogen) atoms. The van der Waals surface area contributed by atoms with Crippen molar-refractivity contribution in [1.82, 2.24) is 10.5 Å². The van der Waals surface area contributed by atoms with Crippen molar-refractivity contribution >= 4 is 41.5 Å². The standard InChI is InChI=1S/C17H19Cl2N3O2.ClH/c1-9-14(17(23)21-13-7-2-4-10(13)8-20)16(22-24-9)15-11(18)5-3-6-12(15)19;/h3,5-6,10,13H,2,4,7-8,20H2,1H3,(H,21,23);1H. The highest BCUT2D eigenvalue weighted by Gasteiger charge is 2.31. The van der Waals surface area contributed by atoms with E-state index in [1.165, 1.54) is 0 Å². The molecule has 136 valence electrons. The first-order valence-corrected chi connectivity index (χ1v) is 8.70. The number of aryl methyl sites for hydroxylation is 1. The van der Waals surface area contributed by atoms with Gasteiger partial charge >= 0.3 is 0 Å². The van der Waals surface area contributed by atoms with E-state index in [-0.39, 0.29) is 24.4 Å². The maximum atomic E-state index is 12.8. The monoisotopic (exact) mass is 403 g/mol. The molecule has 5 nitrogen and oxygen atoms in total. The molecule has 2 atom stereocenters. The predicted octanol–water partition coefficient (Wildman–Crippen LogP) is 4.24. The van der Waals surface area contributed by atoms with E-state index < -0.39 is 0 Å². The van der Waals surface area contributed by atoms with E-state index in [2.05, 4.69) is 10.5 Å². The van der Waals surface area contributed by atoms with Crippen LogP contribution >= 0.6 is 35.6 Å².